The number of hydrogen-bond donors (Lipinski definition) is 2. The van der Waals surface area contributed by atoms with Gasteiger partial charge in [0.05, 0.1) is 5.69 Å². The van der Waals surface area contributed by atoms with Crippen LogP contribution in [0.4, 0.5) is 0 Å². The topological polar surface area (TPSA) is 117 Å². The van der Waals surface area contributed by atoms with Crippen LogP contribution in [0.3, 0.4) is 0 Å². The van der Waals surface area contributed by atoms with E-state index in [4.69, 9.17) is 5.11 Å². The van der Waals surface area contributed by atoms with Gasteiger partial charge in [-0.3, -0.25) is 24.4 Å². The first kappa shape index (κ1) is 17.9. The third-order valence-electron chi connectivity index (χ3n) is 4.90. The average molecular weight is 380 g/mol. The molecule has 0 aromatic carbocycles. The Kier molecular flexibility index (Phi) is 4.88. The van der Waals surface area contributed by atoms with Crippen LogP contribution in [0.15, 0.2) is 42.7 Å². The molecular weight excluding hydrogens is 360 g/mol. The summed E-state index contributed by atoms with van der Waals surface area (Å²) in [6, 6.07) is 9.07. The van der Waals surface area contributed by atoms with Crippen LogP contribution in [0.2, 0.25) is 0 Å². The van der Waals surface area contributed by atoms with Gasteiger partial charge in [-0.15, -0.1) is 0 Å². The van der Waals surface area contributed by atoms with Gasteiger partial charge in [0, 0.05) is 37.1 Å². The summed E-state index contributed by atoms with van der Waals surface area (Å²) in [7, 11) is 0. The van der Waals surface area contributed by atoms with Crippen molar-refractivity contribution < 1.29 is 14.7 Å². The van der Waals surface area contributed by atoms with Gasteiger partial charge in [0.25, 0.3) is 5.91 Å². The van der Waals surface area contributed by atoms with E-state index in [1.807, 2.05) is 24.3 Å². The van der Waals surface area contributed by atoms with Crippen LogP contribution in [0.5, 0.6) is 0 Å². The Morgan fingerprint density at radius 2 is 2.11 bits per heavy atom. The molecule has 0 radical (unpaired) electrons. The number of carboxylic acid groups (broad SMARTS) is 1. The predicted octanol–water partition coefficient (Wildman–Crippen LogP) is 1.77. The molecule has 9 nitrogen and oxygen atoms in total. The number of nitrogens with one attached hydrogen (secondary N) is 1. The molecule has 1 aliphatic heterocycles. The van der Waals surface area contributed by atoms with Gasteiger partial charge in [0.1, 0.15) is 17.9 Å². The van der Waals surface area contributed by atoms with Crippen molar-refractivity contribution in [1.29, 1.82) is 0 Å². The fourth-order valence-corrected chi connectivity index (χ4v) is 3.60. The number of aromatic nitrogens is 5. The quantitative estimate of drug-likeness (QED) is 0.697. The molecular formula is C19H20N6O3. The van der Waals surface area contributed by atoms with Crippen molar-refractivity contribution in [2.75, 3.05) is 13.1 Å². The number of likely N-dealkylation sites (tertiary alicyclic amines) is 1. The summed E-state index contributed by atoms with van der Waals surface area (Å²) in [5, 5.41) is 20.2. The molecule has 0 spiro atoms. The largest absolute Gasteiger partial charge is 0.480 e. The van der Waals surface area contributed by atoms with E-state index >= 15 is 0 Å². The molecule has 4 rings (SSSR count). The lowest BCUT2D eigenvalue weighted by molar-refractivity contribution is -0.137. The molecule has 28 heavy (non-hydrogen) atoms. The molecule has 0 bridgehead atoms. The first-order valence-electron chi connectivity index (χ1n) is 9.11. The van der Waals surface area contributed by atoms with Crippen LogP contribution in [-0.2, 0) is 11.3 Å². The highest BCUT2D eigenvalue weighted by Crippen LogP contribution is 2.28. The van der Waals surface area contributed by atoms with E-state index in [2.05, 4.69) is 20.3 Å². The molecule has 0 saturated carbocycles. The number of amides is 1. The SMILES string of the molecule is O=C(O)Cn1nccc1C1CCCN(C(=O)c2cc(-c3ccccn3)n[nH]2)C1. The number of carbonyl (C=O) groups excluding carboxylic acids is 1. The molecule has 4 heterocycles. The summed E-state index contributed by atoms with van der Waals surface area (Å²) in [6.45, 7) is 0.989. The highest BCUT2D eigenvalue weighted by Gasteiger charge is 2.28. The lowest BCUT2D eigenvalue weighted by Crippen LogP contribution is -2.40. The maximum absolute atomic E-state index is 12.9. The number of pyridine rings is 1. The van der Waals surface area contributed by atoms with E-state index in [1.54, 1.807) is 23.4 Å². The Balaban J connectivity index is 1.49. The van der Waals surface area contributed by atoms with E-state index in [-0.39, 0.29) is 18.4 Å². The number of piperidine rings is 1. The van der Waals surface area contributed by atoms with Crippen molar-refractivity contribution in [2.45, 2.75) is 25.3 Å². The van der Waals surface area contributed by atoms with Crippen molar-refractivity contribution >= 4 is 11.9 Å². The maximum Gasteiger partial charge on any atom is 0.325 e. The first-order chi connectivity index (χ1) is 13.6. The minimum Gasteiger partial charge on any atom is -0.480 e. The van der Waals surface area contributed by atoms with E-state index in [1.165, 1.54) is 4.68 Å². The molecule has 1 atom stereocenters. The van der Waals surface area contributed by atoms with Crippen LogP contribution in [0, 0.1) is 0 Å². The number of rotatable bonds is 5. The van der Waals surface area contributed by atoms with E-state index in [0.717, 1.165) is 18.5 Å². The molecule has 1 aliphatic rings. The second kappa shape index (κ2) is 7.63. The van der Waals surface area contributed by atoms with Crippen LogP contribution in [0.25, 0.3) is 11.4 Å². The Morgan fingerprint density at radius 3 is 2.89 bits per heavy atom. The fraction of sp³-hybridized carbons (Fsp3) is 0.316. The normalized spacial score (nSPS) is 16.9. The molecule has 2 N–H and O–H groups in total. The van der Waals surface area contributed by atoms with E-state index in [0.29, 0.717) is 30.2 Å². The van der Waals surface area contributed by atoms with Crippen molar-refractivity contribution in [2.24, 2.45) is 0 Å². The summed E-state index contributed by atoms with van der Waals surface area (Å²) in [5.74, 6) is -1.00. The number of carbonyl (C=O) groups is 2. The van der Waals surface area contributed by atoms with Crippen LogP contribution in [0.1, 0.15) is 34.9 Å². The zero-order valence-electron chi connectivity index (χ0n) is 15.2. The lowest BCUT2D eigenvalue weighted by atomic mass is 9.94. The van der Waals surface area contributed by atoms with Gasteiger partial charge in [-0.2, -0.15) is 10.2 Å². The van der Waals surface area contributed by atoms with Crippen molar-refractivity contribution in [3.8, 4) is 11.4 Å². The minimum absolute atomic E-state index is 0.0535. The third-order valence-corrected chi connectivity index (χ3v) is 4.90. The summed E-state index contributed by atoms with van der Waals surface area (Å²) in [5.41, 5.74) is 2.59. The fourth-order valence-electron chi connectivity index (χ4n) is 3.60. The number of hydrogen-bond acceptors (Lipinski definition) is 5. The van der Waals surface area contributed by atoms with Gasteiger partial charge >= 0.3 is 5.97 Å². The second-order valence-electron chi connectivity index (χ2n) is 6.78. The summed E-state index contributed by atoms with van der Waals surface area (Å²) < 4.78 is 1.50. The molecule has 1 unspecified atom stereocenters. The zero-order chi connectivity index (χ0) is 19.5. The Labute approximate surface area is 161 Å². The van der Waals surface area contributed by atoms with Crippen molar-refractivity contribution in [1.82, 2.24) is 29.9 Å². The van der Waals surface area contributed by atoms with Gasteiger partial charge < -0.3 is 10.0 Å². The van der Waals surface area contributed by atoms with E-state index in [9.17, 15) is 9.59 Å². The smallest absolute Gasteiger partial charge is 0.325 e. The molecule has 3 aromatic heterocycles. The molecule has 1 amide bonds. The summed E-state index contributed by atoms with van der Waals surface area (Å²) in [6.07, 6.45) is 5.02. The zero-order valence-corrected chi connectivity index (χ0v) is 15.2. The number of H-pyrrole nitrogens is 1. The van der Waals surface area contributed by atoms with Gasteiger partial charge in [-0.05, 0) is 37.1 Å². The lowest BCUT2D eigenvalue weighted by Gasteiger charge is -2.32. The van der Waals surface area contributed by atoms with Crippen LogP contribution < -0.4 is 0 Å². The van der Waals surface area contributed by atoms with Gasteiger partial charge in [0.15, 0.2) is 0 Å². The number of aromatic amines is 1. The molecule has 1 saturated heterocycles. The van der Waals surface area contributed by atoms with Crippen molar-refractivity contribution in [3.63, 3.8) is 0 Å². The van der Waals surface area contributed by atoms with Gasteiger partial charge in [-0.25, -0.2) is 0 Å². The summed E-state index contributed by atoms with van der Waals surface area (Å²) >= 11 is 0. The van der Waals surface area contributed by atoms with Crippen molar-refractivity contribution in [3.05, 3.63) is 54.1 Å². The Morgan fingerprint density at radius 1 is 1.21 bits per heavy atom. The Bertz CT molecular complexity index is 980. The standard InChI is InChI=1S/C19H20N6O3/c26-18(27)12-25-17(6-8-21-25)13-4-3-9-24(11-13)19(28)16-10-15(22-23-16)14-5-1-2-7-20-14/h1-2,5-8,10,13H,3-4,9,11-12H2,(H,22,23)(H,26,27). The van der Waals surface area contributed by atoms with Gasteiger partial charge in [0.2, 0.25) is 0 Å². The maximum atomic E-state index is 12.9. The summed E-state index contributed by atoms with van der Waals surface area (Å²) in [4.78, 5) is 30.0. The van der Waals surface area contributed by atoms with E-state index < -0.39 is 5.97 Å². The minimum atomic E-state index is -0.937. The number of aliphatic carboxylic acids is 1. The number of carboxylic acids is 1. The van der Waals surface area contributed by atoms with Crippen LogP contribution in [-0.4, -0.2) is 59.9 Å². The Hall–Kier alpha value is -3.49. The molecule has 144 valence electrons. The second-order valence-corrected chi connectivity index (χ2v) is 6.78. The molecule has 3 aromatic rings. The molecule has 9 heteroatoms. The van der Waals surface area contributed by atoms with Gasteiger partial charge in [-0.1, -0.05) is 6.07 Å². The monoisotopic (exact) mass is 380 g/mol. The average Bonchev–Trinajstić information content (AvgIpc) is 3.37. The predicted molar refractivity (Wildman–Crippen MR) is 99.6 cm³/mol. The molecule has 1 fully saturated rings. The highest BCUT2D eigenvalue weighted by atomic mass is 16.4. The number of nitrogens with zero attached hydrogens (tertiary/aromatic N) is 5. The first-order valence-corrected chi connectivity index (χ1v) is 9.11. The third kappa shape index (κ3) is 3.64. The van der Waals surface area contributed by atoms with Crippen LogP contribution >= 0.6 is 0 Å². The molecule has 0 aliphatic carbocycles. The highest BCUT2D eigenvalue weighted by molar-refractivity contribution is 5.93.